The number of benzene rings is 1. The molecule has 0 aromatic heterocycles. The summed E-state index contributed by atoms with van der Waals surface area (Å²) >= 11 is 6.01. The van der Waals surface area contributed by atoms with Crippen molar-refractivity contribution >= 4 is 41.1 Å². The summed E-state index contributed by atoms with van der Waals surface area (Å²) in [7, 11) is 0. The third-order valence-corrected chi connectivity index (χ3v) is 7.40. The summed E-state index contributed by atoms with van der Waals surface area (Å²) in [5, 5.41) is 0.484. The van der Waals surface area contributed by atoms with Gasteiger partial charge in [0.1, 0.15) is 5.76 Å². The topological polar surface area (TPSA) is 99.2 Å². The molecule has 0 unspecified atom stereocenters. The molecule has 35 heavy (non-hydrogen) atoms. The third kappa shape index (κ3) is 4.11. The lowest BCUT2D eigenvalue weighted by Crippen LogP contribution is -2.61. The van der Waals surface area contributed by atoms with E-state index in [4.69, 9.17) is 25.8 Å². The summed E-state index contributed by atoms with van der Waals surface area (Å²) in [4.78, 5) is 55.9. The van der Waals surface area contributed by atoms with Crippen molar-refractivity contribution in [2.24, 2.45) is 16.7 Å². The lowest BCUT2D eigenvalue weighted by molar-refractivity contribution is -0.184. The molecule has 0 N–H and O–H groups in total. The number of likely N-dealkylation sites (tertiary alicyclic amines) is 1. The normalized spacial score (nSPS) is 24.5. The fourth-order valence-corrected chi connectivity index (χ4v) is 4.43. The minimum Gasteiger partial charge on any atom is -0.477 e. The molecular formula is C26H32ClNO7. The Morgan fingerprint density at radius 1 is 1.03 bits per heavy atom. The van der Waals surface area contributed by atoms with Gasteiger partial charge in [-0.05, 0) is 63.5 Å². The quantitative estimate of drug-likeness (QED) is 0.327. The second-order valence-corrected chi connectivity index (χ2v) is 10.6. The predicted molar refractivity (Wildman–Crippen MR) is 129 cm³/mol. The zero-order valence-electron chi connectivity index (χ0n) is 21.1. The maximum atomic E-state index is 14.2. The molecule has 3 atom stereocenters. The van der Waals surface area contributed by atoms with Crippen molar-refractivity contribution in [2.45, 2.75) is 60.1 Å². The molecule has 3 rings (SSSR count). The zero-order chi connectivity index (χ0) is 26.3. The minimum atomic E-state index is -2.25. The SMILES string of the molecule is CCOC(=O)[C@H]1OC(c2ccc(Cl)cc2)=C[C@H]2C(=O)N(C(C)(C)C(C)(C)C)C(=O)[C@@]12C(=O)OCC. The number of rotatable bonds is 6. The fourth-order valence-electron chi connectivity index (χ4n) is 4.31. The average molecular weight is 506 g/mol. The molecule has 2 heterocycles. The highest BCUT2D eigenvalue weighted by atomic mass is 35.5. The summed E-state index contributed by atoms with van der Waals surface area (Å²) in [6.45, 7) is 12.3. The van der Waals surface area contributed by atoms with E-state index in [1.807, 2.05) is 20.8 Å². The van der Waals surface area contributed by atoms with Crippen molar-refractivity contribution in [2.75, 3.05) is 13.2 Å². The van der Waals surface area contributed by atoms with Gasteiger partial charge in [0.2, 0.25) is 17.4 Å². The fraction of sp³-hybridized carbons (Fsp3) is 0.538. The number of ether oxygens (including phenoxy) is 3. The molecule has 0 spiro atoms. The third-order valence-electron chi connectivity index (χ3n) is 7.15. The first-order chi connectivity index (χ1) is 16.2. The lowest BCUT2D eigenvalue weighted by Gasteiger charge is -2.45. The van der Waals surface area contributed by atoms with E-state index in [9.17, 15) is 19.2 Å². The Balaban J connectivity index is 2.31. The Bertz CT molecular complexity index is 1070. The van der Waals surface area contributed by atoms with Gasteiger partial charge in [-0.1, -0.05) is 32.4 Å². The van der Waals surface area contributed by atoms with Gasteiger partial charge in [-0.15, -0.1) is 0 Å². The number of carbonyl (C=O) groups is 4. The number of esters is 2. The highest BCUT2D eigenvalue weighted by Gasteiger charge is 2.75. The standard InChI is InChI=1S/C26H32ClNO7/c1-8-33-21(30)19-26(23(32)34-9-2)17(14-18(35-19)15-10-12-16(27)13-11-15)20(29)28(22(26)31)25(6,7)24(3,4)5/h10-14,17,19H,8-9H2,1-7H3/t17-,19+,26-/m0/s1. The maximum absolute atomic E-state index is 14.2. The Morgan fingerprint density at radius 3 is 2.11 bits per heavy atom. The highest BCUT2D eigenvalue weighted by Crippen LogP contribution is 2.53. The van der Waals surface area contributed by atoms with Crippen molar-refractivity contribution in [3.05, 3.63) is 40.9 Å². The first-order valence-electron chi connectivity index (χ1n) is 11.6. The molecule has 0 aliphatic carbocycles. The van der Waals surface area contributed by atoms with Crippen molar-refractivity contribution in [1.29, 1.82) is 0 Å². The monoisotopic (exact) mass is 505 g/mol. The Labute approximate surface area is 210 Å². The predicted octanol–water partition coefficient (Wildman–Crippen LogP) is 4.00. The zero-order valence-corrected chi connectivity index (χ0v) is 21.9. The minimum absolute atomic E-state index is 0.0123. The molecule has 1 fully saturated rings. The van der Waals surface area contributed by atoms with E-state index in [1.54, 1.807) is 52.0 Å². The summed E-state index contributed by atoms with van der Waals surface area (Å²) in [6, 6.07) is 6.58. The second kappa shape index (κ2) is 9.30. The van der Waals surface area contributed by atoms with E-state index >= 15 is 0 Å². The number of carbonyl (C=O) groups excluding carboxylic acids is 4. The van der Waals surface area contributed by atoms with Crippen LogP contribution in [0, 0.1) is 16.7 Å². The van der Waals surface area contributed by atoms with Crippen LogP contribution in [-0.4, -0.2) is 53.5 Å². The molecule has 8 nitrogen and oxygen atoms in total. The van der Waals surface area contributed by atoms with Crippen LogP contribution in [0.5, 0.6) is 0 Å². The van der Waals surface area contributed by atoms with Crippen LogP contribution in [-0.2, 0) is 33.4 Å². The molecule has 0 bridgehead atoms. The maximum Gasteiger partial charge on any atom is 0.349 e. The number of hydrogen-bond donors (Lipinski definition) is 0. The number of halogens is 1. The number of amides is 2. The molecule has 0 saturated carbocycles. The molecule has 1 aromatic carbocycles. The molecular weight excluding hydrogens is 474 g/mol. The van der Waals surface area contributed by atoms with E-state index in [0.29, 0.717) is 10.6 Å². The van der Waals surface area contributed by atoms with Crippen LogP contribution in [0.2, 0.25) is 5.02 Å². The number of imide groups is 1. The largest absolute Gasteiger partial charge is 0.477 e. The highest BCUT2D eigenvalue weighted by molar-refractivity contribution is 6.30. The van der Waals surface area contributed by atoms with Gasteiger partial charge in [0, 0.05) is 16.1 Å². The molecule has 1 saturated heterocycles. The van der Waals surface area contributed by atoms with Gasteiger partial charge < -0.3 is 14.2 Å². The van der Waals surface area contributed by atoms with Gasteiger partial charge in [0.05, 0.1) is 19.1 Å². The van der Waals surface area contributed by atoms with Crippen LogP contribution in [0.3, 0.4) is 0 Å². The molecule has 2 amide bonds. The van der Waals surface area contributed by atoms with Crippen molar-refractivity contribution < 1.29 is 33.4 Å². The molecule has 1 aromatic rings. The second-order valence-electron chi connectivity index (χ2n) is 10.1. The summed E-state index contributed by atoms with van der Waals surface area (Å²) in [5.41, 5.74) is -3.29. The van der Waals surface area contributed by atoms with Gasteiger partial charge in [0.15, 0.2) is 0 Å². The molecule has 0 radical (unpaired) electrons. The molecule has 2 aliphatic rings. The number of hydrogen-bond acceptors (Lipinski definition) is 7. The van der Waals surface area contributed by atoms with Crippen LogP contribution >= 0.6 is 11.6 Å². The van der Waals surface area contributed by atoms with Crippen LogP contribution in [0.15, 0.2) is 30.3 Å². The van der Waals surface area contributed by atoms with E-state index in [-0.39, 0.29) is 19.0 Å². The van der Waals surface area contributed by atoms with Crippen molar-refractivity contribution in [3.63, 3.8) is 0 Å². The Morgan fingerprint density at radius 2 is 1.60 bits per heavy atom. The van der Waals surface area contributed by atoms with Gasteiger partial charge in [-0.25, -0.2) is 4.79 Å². The van der Waals surface area contributed by atoms with Crippen molar-refractivity contribution in [3.8, 4) is 0 Å². The van der Waals surface area contributed by atoms with Crippen LogP contribution in [0.4, 0.5) is 0 Å². The smallest absolute Gasteiger partial charge is 0.349 e. The number of nitrogens with zero attached hydrogens (tertiary/aromatic N) is 1. The van der Waals surface area contributed by atoms with E-state index in [1.165, 1.54) is 6.08 Å². The summed E-state index contributed by atoms with van der Waals surface area (Å²) < 4.78 is 16.5. The lowest BCUT2D eigenvalue weighted by atomic mass is 9.70. The summed E-state index contributed by atoms with van der Waals surface area (Å²) in [6.07, 6.45) is -0.297. The van der Waals surface area contributed by atoms with E-state index in [2.05, 4.69) is 0 Å². The summed E-state index contributed by atoms with van der Waals surface area (Å²) in [5.74, 6) is -4.53. The molecule has 9 heteroatoms. The number of fused-ring (bicyclic) bond motifs is 1. The van der Waals surface area contributed by atoms with Crippen molar-refractivity contribution in [1.82, 2.24) is 4.90 Å². The van der Waals surface area contributed by atoms with Crippen LogP contribution < -0.4 is 0 Å². The first-order valence-corrected chi connectivity index (χ1v) is 12.0. The first kappa shape index (κ1) is 26.7. The van der Waals surface area contributed by atoms with Gasteiger partial charge in [-0.2, -0.15) is 0 Å². The Hall–Kier alpha value is -2.87. The van der Waals surface area contributed by atoms with E-state index < -0.39 is 52.1 Å². The average Bonchev–Trinajstić information content (AvgIpc) is 3.01. The van der Waals surface area contributed by atoms with Crippen LogP contribution in [0.1, 0.15) is 54.0 Å². The van der Waals surface area contributed by atoms with Crippen LogP contribution in [0.25, 0.3) is 5.76 Å². The Kier molecular flexibility index (Phi) is 7.10. The van der Waals surface area contributed by atoms with Gasteiger partial charge >= 0.3 is 11.9 Å². The van der Waals surface area contributed by atoms with Gasteiger partial charge in [0.25, 0.3) is 5.91 Å². The molecule has 2 aliphatic heterocycles. The molecule has 190 valence electrons. The van der Waals surface area contributed by atoms with Gasteiger partial charge in [-0.3, -0.25) is 19.3 Å². The van der Waals surface area contributed by atoms with E-state index in [0.717, 1.165) is 4.90 Å².